The van der Waals surface area contributed by atoms with Gasteiger partial charge in [-0.3, -0.25) is 0 Å². The van der Waals surface area contributed by atoms with E-state index in [2.05, 4.69) is 0 Å². The van der Waals surface area contributed by atoms with Crippen molar-refractivity contribution in [3.05, 3.63) is 29.8 Å². The highest BCUT2D eigenvalue weighted by Crippen LogP contribution is 2.27. The van der Waals surface area contributed by atoms with Crippen LogP contribution in [0.3, 0.4) is 0 Å². The van der Waals surface area contributed by atoms with E-state index in [4.69, 9.17) is 10.5 Å². The molecule has 0 saturated carbocycles. The molecule has 0 amide bonds. The van der Waals surface area contributed by atoms with Crippen LogP contribution in [0.15, 0.2) is 24.3 Å². The second-order valence-electron chi connectivity index (χ2n) is 3.76. The maximum absolute atomic E-state index is 12.6. The van der Waals surface area contributed by atoms with Gasteiger partial charge in [0, 0.05) is 6.04 Å². The molecule has 0 aliphatic rings. The number of ether oxygens (including phenoxy) is 1. The first-order valence-electron chi connectivity index (χ1n) is 4.86. The molecule has 0 aliphatic heterocycles. The first-order chi connectivity index (χ1) is 7.30. The zero-order valence-electron chi connectivity index (χ0n) is 9.08. The molecule has 0 aromatic heterocycles. The minimum absolute atomic E-state index is 0.180. The van der Waals surface area contributed by atoms with Gasteiger partial charge in [-0.2, -0.15) is 13.2 Å². The number of benzene rings is 1. The number of nitrogens with two attached hydrogens (primary N) is 1. The average molecular weight is 233 g/mol. The lowest BCUT2D eigenvalue weighted by Crippen LogP contribution is -2.47. The molecule has 2 unspecified atom stereocenters. The highest BCUT2D eigenvalue weighted by molar-refractivity contribution is 5.27. The molecule has 0 radical (unpaired) electrons. The molecular weight excluding hydrogens is 219 g/mol. The van der Waals surface area contributed by atoms with E-state index >= 15 is 0 Å². The first kappa shape index (κ1) is 12.8. The number of hydrogen-bond acceptors (Lipinski definition) is 2. The minimum atomic E-state index is -4.46. The van der Waals surface area contributed by atoms with Gasteiger partial charge in [-0.15, -0.1) is 0 Å². The Kier molecular flexibility index (Phi) is 3.80. The van der Waals surface area contributed by atoms with Crippen LogP contribution in [0.1, 0.15) is 12.5 Å². The Bertz CT molecular complexity index is 349. The minimum Gasteiger partial charge on any atom is -0.479 e. The van der Waals surface area contributed by atoms with Crippen LogP contribution in [0.4, 0.5) is 13.2 Å². The van der Waals surface area contributed by atoms with E-state index in [0.717, 1.165) is 5.56 Å². The van der Waals surface area contributed by atoms with Crippen molar-refractivity contribution in [2.24, 2.45) is 5.73 Å². The van der Waals surface area contributed by atoms with Crippen LogP contribution in [0, 0.1) is 6.92 Å². The highest BCUT2D eigenvalue weighted by Gasteiger charge is 2.44. The lowest BCUT2D eigenvalue weighted by atomic mass is 10.2. The van der Waals surface area contributed by atoms with Crippen LogP contribution >= 0.6 is 0 Å². The fourth-order valence-corrected chi connectivity index (χ4v) is 1.31. The van der Waals surface area contributed by atoms with Gasteiger partial charge in [-0.1, -0.05) is 12.1 Å². The second-order valence-corrected chi connectivity index (χ2v) is 3.76. The van der Waals surface area contributed by atoms with Gasteiger partial charge in [-0.25, -0.2) is 0 Å². The molecule has 0 fully saturated rings. The van der Waals surface area contributed by atoms with Crippen LogP contribution in [0.25, 0.3) is 0 Å². The van der Waals surface area contributed by atoms with Gasteiger partial charge >= 0.3 is 6.18 Å². The molecule has 0 bridgehead atoms. The third-order valence-corrected chi connectivity index (χ3v) is 2.05. The van der Waals surface area contributed by atoms with Crippen molar-refractivity contribution in [1.82, 2.24) is 0 Å². The van der Waals surface area contributed by atoms with E-state index in [1.165, 1.54) is 13.0 Å². The zero-order chi connectivity index (χ0) is 12.3. The van der Waals surface area contributed by atoms with Crippen LogP contribution in [0.5, 0.6) is 5.75 Å². The monoisotopic (exact) mass is 233 g/mol. The van der Waals surface area contributed by atoms with Gasteiger partial charge in [0.1, 0.15) is 5.75 Å². The van der Waals surface area contributed by atoms with Crippen molar-refractivity contribution in [2.75, 3.05) is 0 Å². The number of hydrogen-bond donors (Lipinski definition) is 1. The zero-order valence-corrected chi connectivity index (χ0v) is 9.08. The lowest BCUT2D eigenvalue weighted by Gasteiger charge is -2.24. The third kappa shape index (κ3) is 3.41. The van der Waals surface area contributed by atoms with E-state index in [-0.39, 0.29) is 5.75 Å². The van der Waals surface area contributed by atoms with Crippen molar-refractivity contribution in [2.45, 2.75) is 32.2 Å². The Labute approximate surface area is 92.2 Å². The van der Waals surface area contributed by atoms with E-state index in [1.54, 1.807) is 25.1 Å². The van der Waals surface area contributed by atoms with Crippen molar-refractivity contribution in [3.8, 4) is 5.75 Å². The fraction of sp³-hybridized carbons (Fsp3) is 0.455. The van der Waals surface area contributed by atoms with Crippen molar-refractivity contribution < 1.29 is 17.9 Å². The largest absolute Gasteiger partial charge is 0.479 e. The van der Waals surface area contributed by atoms with E-state index in [1.807, 2.05) is 0 Å². The molecular formula is C11H14F3NO. The Balaban J connectivity index is 2.84. The first-order valence-corrected chi connectivity index (χ1v) is 4.86. The molecule has 1 aromatic carbocycles. The van der Waals surface area contributed by atoms with Gasteiger partial charge in [0.25, 0.3) is 0 Å². The number of halogens is 3. The molecule has 0 aliphatic carbocycles. The van der Waals surface area contributed by atoms with Crippen LogP contribution in [-0.2, 0) is 0 Å². The quantitative estimate of drug-likeness (QED) is 0.871. The summed E-state index contributed by atoms with van der Waals surface area (Å²) in [6.07, 6.45) is -6.44. The molecule has 2 N–H and O–H groups in total. The second kappa shape index (κ2) is 4.74. The Morgan fingerprint density at radius 2 is 1.94 bits per heavy atom. The third-order valence-electron chi connectivity index (χ3n) is 2.05. The maximum Gasteiger partial charge on any atom is 0.426 e. The fourth-order valence-electron chi connectivity index (χ4n) is 1.31. The van der Waals surface area contributed by atoms with Gasteiger partial charge in [0.15, 0.2) is 0 Å². The molecule has 1 rings (SSSR count). The number of aryl methyl sites for hydroxylation is 1. The van der Waals surface area contributed by atoms with Crippen molar-refractivity contribution >= 4 is 0 Å². The summed E-state index contributed by atoms with van der Waals surface area (Å²) >= 11 is 0. The molecule has 2 atom stereocenters. The number of rotatable bonds is 3. The SMILES string of the molecule is Cc1cccc(OC(C(C)N)C(F)(F)F)c1. The molecule has 5 heteroatoms. The standard InChI is InChI=1S/C11H14F3NO/c1-7-4-3-5-9(6-7)16-10(8(2)15)11(12,13)14/h3-6,8,10H,15H2,1-2H3. The summed E-state index contributed by atoms with van der Waals surface area (Å²) in [5, 5.41) is 0. The Hall–Kier alpha value is -1.23. The molecule has 0 spiro atoms. The van der Waals surface area contributed by atoms with Gasteiger partial charge in [0.2, 0.25) is 6.10 Å². The summed E-state index contributed by atoms with van der Waals surface area (Å²) in [5.41, 5.74) is 6.10. The molecule has 0 saturated heterocycles. The topological polar surface area (TPSA) is 35.2 Å². The normalized spacial score (nSPS) is 15.6. The molecule has 0 heterocycles. The summed E-state index contributed by atoms with van der Waals surface area (Å²) < 4.78 is 42.5. The molecule has 2 nitrogen and oxygen atoms in total. The van der Waals surface area contributed by atoms with Crippen LogP contribution in [0.2, 0.25) is 0 Å². The summed E-state index contributed by atoms with van der Waals surface area (Å²) in [7, 11) is 0. The predicted molar refractivity (Wildman–Crippen MR) is 55.3 cm³/mol. The summed E-state index contributed by atoms with van der Waals surface area (Å²) in [4.78, 5) is 0. The predicted octanol–water partition coefficient (Wildman–Crippen LogP) is 2.65. The average Bonchev–Trinajstić information content (AvgIpc) is 2.12. The van der Waals surface area contributed by atoms with Crippen molar-refractivity contribution in [1.29, 1.82) is 0 Å². The number of alkyl halides is 3. The van der Waals surface area contributed by atoms with Crippen LogP contribution < -0.4 is 10.5 Å². The van der Waals surface area contributed by atoms with E-state index in [9.17, 15) is 13.2 Å². The maximum atomic E-state index is 12.6. The lowest BCUT2D eigenvalue weighted by molar-refractivity contribution is -0.199. The highest BCUT2D eigenvalue weighted by atomic mass is 19.4. The smallest absolute Gasteiger partial charge is 0.426 e. The van der Waals surface area contributed by atoms with Crippen LogP contribution in [-0.4, -0.2) is 18.3 Å². The molecule has 90 valence electrons. The summed E-state index contributed by atoms with van der Waals surface area (Å²) in [6.45, 7) is 3.05. The van der Waals surface area contributed by atoms with Gasteiger partial charge in [-0.05, 0) is 31.5 Å². The molecule has 1 aromatic rings. The van der Waals surface area contributed by atoms with Gasteiger partial charge in [0.05, 0.1) is 0 Å². The molecule has 16 heavy (non-hydrogen) atoms. The van der Waals surface area contributed by atoms with E-state index in [0.29, 0.717) is 0 Å². The Morgan fingerprint density at radius 1 is 1.31 bits per heavy atom. The Morgan fingerprint density at radius 3 is 2.38 bits per heavy atom. The van der Waals surface area contributed by atoms with E-state index < -0.39 is 18.3 Å². The van der Waals surface area contributed by atoms with Crippen molar-refractivity contribution in [3.63, 3.8) is 0 Å². The van der Waals surface area contributed by atoms with Gasteiger partial charge < -0.3 is 10.5 Å². The summed E-state index contributed by atoms with van der Waals surface area (Å²) in [6, 6.07) is 5.33. The summed E-state index contributed by atoms with van der Waals surface area (Å²) in [5.74, 6) is 0.180.